The van der Waals surface area contributed by atoms with E-state index in [9.17, 15) is 4.79 Å². The molecule has 3 nitrogen and oxygen atoms in total. The zero-order valence-corrected chi connectivity index (χ0v) is 13.9. The highest BCUT2D eigenvalue weighted by Crippen LogP contribution is 2.45. The van der Waals surface area contributed by atoms with Gasteiger partial charge in [0.15, 0.2) is 0 Å². The van der Waals surface area contributed by atoms with Crippen LogP contribution in [0.4, 0.5) is 5.69 Å². The summed E-state index contributed by atoms with van der Waals surface area (Å²) in [6.07, 6.45) is 1.68. The summed E-state index contributed by atoms with van der Waals surface area (Å²) in [7, 11) is 0. The van der Waals surface area contributed by atoms with Crippen molar-refractivity contribution in [1.82, 2.24) is 0 Å². The van der Waals surface area contributed by atoms with Crippen LogP contribution in [0.15, 0.2) is 28.7 Å². The molecule has 0 bridgehead atoms. The maximum absolute atomic E-state index is 12.3. The second-order valence-electron chi connectivity index (χ2n) is 5.82. The summed E-state index contributed by atoms with van der Waals surface area (Å²) in [6, 6.07) is 7.88. The average molecular weight is 340 g/mol. The molecule has 1 aromatic rings. The van der Waals surface area contributed by atoms with E-state index in [1.54, 1.807) is 0 Å². The van der Waals surface area contributed by atoms with E-state index in [1.165, 1.54) is 0 Å². The monoisotopic (exact) mass is 339 g/mol. The van der Waals surface area contributed by atoms with Crippen molar-refractivity contribution in [2.24, 2.45) is 11.8 Å². The van der Waals surface area contributed by atoms with Gasteiger partial charge in [-0.25, -0.2) is 4.79 Å². The Hall–Kier alpha value is -1.03. The van der Waals surface area contributed by atoms with E-state index < -0.39 is 5.54 Å². The summed E-state index contributed by atoms with van der Waals surface area (Å²) < 4.78 is 6.24. The molecule has 1 aliphatic carbocycles. The zero-order chi connectivity index (χ0) is 14.8. The highest BCUT2D eigenvalue weighted by molar-refractivity contribution is 9.10. The molecule has 1 N–H and O–H groups in total. The molecule has 2 rings (SSSR count). The third-order valence-electron chi connectivity index (χ3n) is 4.08. The van der Waals surface area contributed by atoms with Gasteiger partial charge < -0.3 is 10.1 Å². The van der Waals surface area contributed by atoms with Gasteiger partial charge in [-0.3, -0.25) is 0 Å². The largest absolute Gasteiger partial charge is 0.464 e. The van der Waals surface area contributed by atoms with Gasteiger partial charge in [0.2, 0.25) is 0 Å². The van der Waals surface area contributed by atoms with Gasteiger partial charge in [-0.1, -0.05) is 26.0 Å². The molecule has 1 aliphatic rings. The molecular weight excluding hydrogens is 318 g/mol. The number of hydrogen-bond acceptors (Lipinski definition) is 3. The smallest absolute Gasteiger partial charge is 0.331 e. The summed E-state index contributed by atoms with van der Waals surface area (Å²) in [5.41, 5.74) is 0.386. The lowest BCUT2D eigenvalue weighted by Gasteiger charge is -2.48. The van der Waals surface area contributed by atoms with Gasteiger partial charge in [0.25, 0.3) is 0 Å². The minimum Gasteiger partial charge on any atom is -0.464 e. The van der Waals surface area contributed by atoms with Gasteiger partial charge in [-0.2, -0.15) is 0 Å². The fourth-order valence-corrected chi connectivity index (χ4v) is 3.10. The molecule has 0 heterocycles. The fourth-order valence-electron chi connectivity index (χ4n) is 2.72. The summed E-state index contributed by atoms with van der Waals surface area (Å²) >= 11 is 3.52. The molecule has 1 fully saturated rings. The van der Waals surface area contributed by atoms with Crippen LogP contribution in [0.1, 0.15) is 33.6 Å². The minimum atomic E-state index is -0.561. The number of rotatable bonds is 5. The maximum Gasteiger partial charge on any atom is 0.331 e. The Morgan fingerprint density at radius 2 is 2.10 bits per heavy atom. The standard InChI is InChI=1S/C16H22BrNO2/c1-4-20-15(19)16(9-12(10-16)11(2)3)18-14-8-6-5-7-13(14)17/h5-8,11-12,18H,4,9-10H2,1-3H3. The predicted molar refractivity (Wildman–Crippen MR) is 84.7 cm³/mol. The summed E-state index contributed by atoms with van der Waals surface area (Å²) in [4.78, 5) is 12.3. The molecule has 0 unspecified atom stereocenters. The average Bonchev–Trinajstić information content (AvgIpc) is 2.35. The number of carbonyl (C=O) groups is 1. The Morgan fingerprint density at radius 3 is 2.65 bits per heavy atom. The molecule has 1 aromatic carbocycles. The van der Waals surface area contributed by atoms with Crippen LogP contribution in [-0.4, -0.2) is 18.1 Å². The predicted octanol–water partition coefficient (Wildman–Crippen LogP) is 4.23. The van der Waals surface area contributed by atoms with Crippen molar-refractivity contribution in [3.63, 3.8) is 0 Å². The summed E-state index contributed by atoms with van der Waals surface area (Å²) in [6.45, 7) is 6.68. The van der Waals surface area contributed by atoms with Gasteiger partial charge in [-0.05, 0) is 59.7 Å². The molecular formula is C16H22BrNO2. The first-order valence-corrected chi connectivity index (χ1v) is 7.97. The number of anilines is 1. The van der Waals surface area contributed by atoms with E-state index in [0.29, 0.717) is 18.4 Å². The number of halogens is 1. The number of nitrogens with one attached hydrogen (secondary N) is 1. The van der Waals surface area contributed by atoms with Gasteiger partial charge in [0.1, 0.15) is 5.54 Å². The second-order valence-corrected chi connectivity index (χ2v) is 6.67. The molecule has 110 valence electrons. The van der Waals surface area contributed by atoms with Crippen molar-refractivity contribution in [3.8, 4) is 0 Å². The molecule has 0 atom stereocenters. The number of hydrogen-bond donors (Lipinski definition) is 1. The van der Waals surface area contributed by atoms with Crippen molar-refractivity contribution >= 4 is 27.6 Å². The summed E-state index contributed by atoms with van der Waals surface area (Å²) in [5.74, 6) is 1.04. The highest BCUT2D eigenvalue weighted by Gasteiger charge is 2.52. The fraction of sp³-hybridized carbons (Fsp3) is 0.562. The molecule has 4 heteroatoms. The molecule has 20 heavy (non-hydrogen) atoms. The van der Waals surface area contributed by atoms with Crippen LogP contribution in [0.2, 0.25) is 0 Å². The molecule has 1 saturated carbocycles. The number of benzene rings is 1. The Bertz CT molecular complexity index is 481. The lowest BCUT2D eigenvalue weighted by Crippen LogP contribution is -2.58. The van der Waals surface area contributed by atoms with Crippen LogP contribution in [0.5, 0.6) is 0 Å². The van der Waals surface area contributed by atoms with Gasteiger partial charge in [0.05, 0.1) is 6.61 Å². The Labute approximate surface area is 129 Å². The third-order valence-corrected chi connectivity index (χ3v) is 4.77. The summed E-state index contributed by atoms with van der Waals surface area (Å²) in [5, 5.41) is 3.41. The van der Waals surface area contributed by atoms with Crippen LogP contribution >= 0.6 is 15.9 Å². The first-order valence-electron chi connectivity index (χ1n) is 7.18. The molecule has 0 saturated heterocycles. The minimum absolute atomic E-state index is 0.132. The Kier molecular flexibility index (Phi) is 4.74. The molecule has 0 radical (unpaired) electrons. The van der Waals surface area contributed by atoms with E-state index in [-0.39, 0.29) is 5.97 Å². The topological polar surface area (TPSA) is 38.3 Å². The van der Waals surface area contributed by atoms with E-state index in [2.05, 4.69) is 35.1 Å². The molecule has 0 aliphatic heterocycles. The number of carbonyl (C=O) groups excluding carboxylic acids is 1. The van der Waals surface area contributed by atoms with Crippen molar-refractivity contribution in [1.29, 1.82) is 0 Å². The van der Waals surface area contributed by atoms with Crippen molar-refractivity contribution < 1.29 is 9.53 Å². The second kappa shape index (κ2) is 6.17. The quantitative estimate of drug-likeness (QED) is 0.816. The van der Waals surface area contributed by atoms with Crippen LogP contribution in [-0.2, 0) is 9.53 Å². The maximum atomic E-state index is 12.3. The highest BCUT2D eigenvalue weighted by atomic mass is 79.9. The van der Waals surface area contributed by atoms with Crippen LogP contribution < -0.4 is 5.32 Å². The third kappa shape index (κ3) is 3.00. The first-order chi connectivity index (χ1) is 9.48. The van der Waals surface area contributed by atoms with Crippen LogP contribution in [0.25, 0.3) is 0 Å². The van der Waals surface area contributed by atoms with Crippen LogP contribution in [0.3, 0.4) is 0 Å². The SMILES string of the molecule is CCOC(=O)C1(Nc2ccccc2Br)CC(C(C)C)C1. The normalized spacial score (nSPS) is 25.1. The molecule has 0 amide bonds. The Morgan fingerprint density at radius 1 is 1.45 bits per heavy atom. The van der Waals surface area contributed by atoms with E-state index in [1.807, 2.05) is 31.2 Å². The lowest BCUT2D eigenvalue weighted by molar-refractivity contribution is -0.154. The van der Waals surface area contributed by atoms with Gasteiger partial charge >= 0.3 is 5.97 Å². The number of ether oxygens (including phenoxy) is 1. The zero-order valence-electron chi connectivity index (χ0n) is 12.3. The first kappa shape index (κ1) is 15.4. The molecule has 0 spiro atoms. The van der Waals surface area contributed by atoms with Crippen molar-refractivity contribution in [2.45, 2.75) is 39.2 Å². The lowest BCUT2D eigenvalue weighted by atomic mass is 9.64. The number of esters is 1. The van der Waals surface area contributed by atoms with E-state index in [4.69, 9.17) is 4.74 Å². The van der Waals surface area contributed by atoms with E-state index >= 15 is 0 Å². The van der Waals surface area contributed by atoms with E-state index in [0.717, 1.165) is 23.0 Å². The number of para-hydroxylation sites is 1. The van der Waals surface area contributed by atoms with Crippen LogP contribution in [0, 0.1) is 11.8 Å². The van der Waals surface area contributed by atoms with Gasteiger partial charge in [-0.15, -0.1) is 0 Å². The van der Waals surface area contributed by atoms with Crippen molar-refractivity contribution in [3.05, 3.63) is 28.7 Å². The molecule has 0 aromatic heterocycles. The van der Waals surface area contributed by atoms with Gasteiger partial charge in [0, 0.05) is 10.2 Å². The van der Waals surface area contributed by atoms with Crippen molar-refractivity contribution in [2.75, 3.05) is 11.9 Å². The Balaban J connectivity index is 2.17.